The van der Waals surface area contributed by atoms with Gasteiger partial charge >= 0.3 is 0 Å². The number of rotatable bonds is 7. The number of nitrogens with one attached hydrogen (secondary N) is 1. The zero-order chi connectivity index (χ0) is 20.8. The predicted molar refractivity (Wildman–Crippen MR) is 118 cm³/mol. The van der Waals surface area contributed by atoms with Gasteiger partial charge in [0.15, 0.2) is 0 Å². The molecule has 1 amide bonds. The first-order chi connectivity index (χ1) is 14.0. The lowest BCUT2D eigenvalue weighted by Crippen LogP contribution is -2.41. The van der Waals surface area contributed by atoms with E-state index in [2.05, 4.69) is 29.3 Å². The Labute approximate surface area is 179 Å². The Morgan fingerprint density at radius 1 is 1.24 bits per heavy atom. The summed E-state index contributed by atoms with van der Waals surface area (Å²) in [5.41, 5.74) is 3.37. The molecule has 29 heavy (non-hydrogen) atoms. The number of amides is 1. The van der Waals surface area contributed by atoms with Crippen molar-refractivity contribution in [1.29, 1.82) is 0 Å². The number of nitrogens with zero attached hydrogens (tertiary/aromatic N) is 1. The van der Waals surface area contributed by atoms with Gasteiger partial charge in [-0.2, -0.15) is 0 Å². The van der Waals surface area contributed by atoms with Crippen LogP contribution in [0.1, 0.15) is 48.9 Å². The molecule has 0 unspecified atom stereocenters. The molecule has 156 valence electrons. The van der Waals surface area contributed by atoms with Gasteiger partial charge in [-0.3, -0.25) is 9.69 Å². The second kappa shape index (κ2) is 10.1. The third-order valence-corrected chi connectivity index (χ3v) is 6.22. The van der Waals surface area contributed by atoms with E-state index in [0.717, 1.165) is 66.4 Å². The molecule has 1 fully saturated rings. The summed E-state index contributed by atoms with van der Waals surface area (Å²) in [5, 5.41) is 4.08. The summed E-state index contributed by atoms with van der Waals surface area (Å²) in [5.74, 6) is 1.12. The predicted octanol–water partition coefficient (Wildman–Crippen LogP) is 5.14. The fourth-order valence-corrected chi connectivity index (χ4v) is 4.25. The van der Waals surface area contributed by atoms with Crippen LogP contribution >= 0.6 is 11.6 Å². The summed E-state index contributed by atoms with van der Waals surface area (Å²) in [7, 11) is 1.68. The van der Waals surface area contributed by atoms with E-state index in [0.29, 0.717) is 0 Å². The number of benzene rings is 2. The topological polar surface area (TPSA) is 41.6 Å². The van der Waals surface area contributed by atoms with E-state index < -0.39 is 0 Å². The van der Waals surface area contributed by atoms with Crippen molar-refractivity contribution in [3.05, 3.63) is 64.2 Å². The van der Waals surface area contributed by atoms with Crippen LogP contribution in [0.2, 0.25) is 5.02 Å². The number of ether oxygens (including phenoxy) is 1. The smallest absolute Gasteiger partial charge is 0.223 e. The van der Waals surface area contributed by atoms with Gasteiger partial charge in [0.25, 0.3) is 0 Å². The molecule has 1 aliphatic rings. The molecule has 1 heterocycles. The number of aryl methyl sites for hydroxylation is 1. The Morgan fingerprint density at radius 3 is 2.59 bits per heavy atom. The maximum absolute atomic E-state index is 12.9. The van der Waals surface area contributed by atoms with Crippen LogP contribution < -0.4 is 10.1 Å². The van der Waals surface area contributed by atoms with Crippen LogP contribution in [0.15, 0.2) is 42.5 Å². The Bertz CT molecular complexity index is 831. The fraction of sp³-hybridized carbons (Fsp3) is 0.458. The Hall–Kier alpha value is -2.04. The monoisotopic (exact) mass is 414 g/mol. The Morgan fingerprint density at radius 2 is 1.97 bits per heavy atom. The average Bonchev–Trinajstić information content (AvgIpc) is 2.74. The first-order valence-electron chi connectivity index (χ1n) is 10.4. The van der Waals surface area contributed by atoms with Gasteiger partial charge in [0.1, 0.15) is 5.75 Å². The molecule has 3 rings (SSSR count). The van der Waals surface area contributed by atoms with E-state index in [1.807, 2.05) is 37.3 Å². The molecular weight excluding hydrogens is 384 g/mol. The quantitative estimate of drug-likeness (QED) is 0.682. The van der Waals surface area contributed by atoms with Crippen LogP contribution in [-0.2, 0) is 11.3 Å². The zero-order valence-corrected chi connectivity index (χ0v) is 18.3. The van der Waals surface area contributed by atoms with Crippen molar-refractivity contribution >= 4 is 17.5 Å². The lowest BCUT2D eigenvalue weighted by Gasteiger charge is -2.32. The number of hydrogen-bond donors (Lipinski definition) is 1. The fourth-order valence-electron chi connectivity index (χ4n) is 4.05. The Balaban J connectivity index is 1.54. The number of carbonyl (C=O) groups is 1. The third kappa shape index (κ3) is 5.52. The summed E-state index contributed by atoms with van der Waals surface area (Å²) in [4.78, 5) is 15.3. The molecule has 0 saturated carbocycles. The molecule has 1 saturated heterocycles. The van der Waals surface area contributed by atoms with E-state index in [1.54, 1.807) is 7.11 Å². The number of hydrogen-bond acceptors (Lipinski definition) is 3. The Kier molecular flexibility index (Phi) is 7.57. The van der Waals surface area contributed by atoms with Crippen molar-refractivity contribution in [2.24, 2.45) is 5.92 Å². The van der Waals surface area contributed by atoms with Gasteiger partial charge in [-0.15, -0.1) is 0 Å². The van der Waals surface area contributed by atoms with Crippen molar-refractivity contribution < 1.29 is 9.53 Å². The normalized spacial score (nSPS) is 16.4. The van der Waals surface area contributed by atoms with Crippen LogP contribution in [0.5, 0.6) is 5.75 Å². The molecule has 1 N–H and O–H groups in total. The SMILES string of the molecule is CC[C@@H](NC(=O)C1CCN(Cc2ccccc2Cl)CC1)c1ccc(OC)c(C)c1. The maximum Gasteiger partial charge on any atom is 0.223 e. The molecule has 0 radical (unpaired) electrons. The highest BCUT2D eigenvalue weighted by molar-refractivity contribution is 6.31. The molecule has 0 aliphatic carbocycles. The lowest BCUT2D eigenvalue weighted by molar-refractivity contribution is -0.127. The molecule has 1 aliphatic heterocycles. The number of methoxy groups -OCH3 is 1. The van der Waals surface area contributed by atoms with Crippen LogP contribution in [0.25, 0.3) is 0 Å². The van der Waals surface area contributed by atoms with Gasteiger partial charge in [0.2, 0.25) is 5.91 Å². The number of halogens is 1. The maximum atomic E-state index is 12.9. The molecule has 0 bridgehead atoms. The summed E-state index contributed by atoms with van der Waals surface area (Å²) in [6.45, 7) is 6.82. The summed E-state index contributed by atoms with van der Waals surface area (Å²) < 4.78 is 5.35. The van der Waals surface area contributed by atoms with E-state index in [-0.39, 0.29) is 17.9 Å². The van der Waals surface area contributed by atoms with Crippen LogP contribution in [0.4, 0.5) is 0 Å². The van der Waals surface area contributed by atoms with E-state index in [4.69, 9.17) is 16.3 Å². The lowest BCUT2D eigenvalue weighted by atomic mass is 9.94. The van der Waals surface area contributed by atoms with Gasteiger partial charge in [-0.25, -0.2) is 0 Å². The first kappa shape index (κ1) is 21.7. The van der Waals surface area contributed by atoms with E-state index >= 15 is 0 Å². The molecule has 5 heteroatoms. The van der Waals surface area contributed by atoms with Crippen molar-refractivity contribution in [2.45, 2.75) is 45.7 Å². The highest BCUT2D eigenvalue weighted by Gasteiger charge is 2.27. The van der Waals surface area contributed by atoms with Crippen molar-refractivity contribution in [1.82, 2.24) is 10.2 Å². The van der Waals surface area contributed by atoms with E-state index in [9.17, 15) is 4.79 Å². The number of piperidine rings is 1. The van der Waals surface area contributed by atoms with Crippen molar-refractivity contribution in [3.8, 4) is 5.75 Å². The second-order valence-corrected chi connectivity index (χ2v) is 8.25. The van der Waals surface area contributed by atoms with Crippen molar-refractivity contribution in [2.75, 3.05) is 20.2 Å². The first-order valence-corrected chi connectivity index (χ1v) is 10.8. The second-order valence-electron chi connectivity index (χ2n) is 7.84. The molecule has 2 aromatic rings. The third-order valence-electron chi connectivity index (χ3n) is 5.86. The van der Waals surface area contributed by atoms with Crippen LogP contribution in [0.3, 0.4) is 0 Å². The highest BCUT2D eigenvalue weighted by atomic mass is 35.5. The van der Waals surface area contributed by atoms with Gasteiger partial charge in [0, 0.05) is 17.5 Å². The number of carbonyl (C=O) groups excluding carboxylic acids is 1. The summed E-state index contributed by atoms with van der Waals surface area (Å²) in [6, 6.07) is 14.2. The average molecular weight is 415 g/mol. The van der Waals surface area contributed by atoms with Gasteiger partial charge in [-0.05, 0) is 68.1 Å². The molecule has 1 atom stereocenters. The molecular formula is C24H31ClN2O2. The minimum atomic E-state index is 0.0354. The highest BCUT2D eigenvalue weighted by Crippen LogP contribution is 2.26. The van der Waals surface area contributed by atoms with Gasteiger partial charge in [0.05, 0.1) is 13.2 Å². The van der Waals surface area contributed by atoms with Crippen molar-refractivity contribution in [3.63, 3.8) is 0 Å². The molecule has 0 aromatic heterocycles. The zero-order valence-electron chi connectivity index (χ0n) is 17.6. The molecule has 0 spiro atoms. The standard InChI is InChI=1S/C24H31ClN2O2/c1-4-22(19-9-10-23(29-3)17(2)15-19)26-24(28)18-11-13-27(14-12-18)16-20-7-5-6-8-21(20)25/h5-10,15,18,22H,4,11-14,16H2,1-3H3,(H,26,28)/t22-/m1/s1. The minimum absolute atomic E-state index is 0.0354. The van der Waals surface area contributed by atoms with Gasteiger partial charge in [-0.1, -0.05) is 48.9 Å². The molecule has 2 aromatic carbocycles. The summed E-state index contributed by atoms with van der Waals surface area (Å²) in [6.07, 6.45) is 2.63. The minimum Gasteiger partial charge on any atom is -0.496 e. The van der Waals surface area contributed by atoms with E-state index in [1.165, 1.54) is 0 Å². The van der Waals surface area contributed by atoms with Gasteiger partial charge < -0.3 is 10.1 Å². The number of likely N-dealkylation sites (tertiary alicyclic amines) is 1. The van der Waals surface area contributed by atoms with Crippen LogP contribution in [0, 0.1) is 12.8 Å². The summed E-state index contributed by atoms with van der Waals surface area (Å²) >= 11 is 6.29. The molecule has 4 nitrogen and oxygen atoms in total. The largest absolute Gasteiger partial charge is 0.496 e. The van der Waals surface area contributed by atoms with Crippen LogP contribution in [-0.4, -0.2) is 31.0 Å².